The molecule has 2 rings (SSSR count). The Hall–Kier alpha value is -0.630. The number of hydrogen-bond donors (Lipinski definition) is 1. The smallest absolute Gasteiger partial charge is 0.115 e. The van der Waals surface area contributed by atoms with Crippen molar-refractivity contribution >= 4 is 11.8 Å². The topological polar surface area (TPSA) is 20.2 Å². The van der Waals surface area contributed by atoms with Crippen LogP contribution in [0.15, 0.2) is 18.2 Å². The molecule has 1 aliphatic heterocycles. The summed E-state index contributed by atoms with van der Waals surface area (Å²) in [7, 11) is 0. The molecule has 1 aliphatic rings. The molecule has 0 saturated carbocycles. The number of hydrogen-bond acceptors (Lipinski definition) is 2. The molecule has 0 bridgehead atoms. The first-order chi connectivity index (χ1) is 4.86. The highest BCUT2D eigenvalue weighted by molar-refractivity contribution is 7.98. The zero-order valence-corrected chi connectivity index (χ0v) is 6.32. The van der Waals surface area contributed by atoms with Gasteiger partial charge >= 0.3 is 0 Å². The van der Waals surface area contributed by atoms with Gasteiger partial charge in [0, 0.05) is 11.5 Å². The van der Waals surface area contributed by atoms with Crippen LogP contribution < -0.4 is 0 Å². The van der Waals surface area contributed by atoms with Crippen LogP contribution in [0.1, 0.15) is 11.1 Å². The van der Waals surface area contributed by atoms with Crippen LogP contribution in [-0.4, -0.2) is 5.11 Å². The second-order valence-corrected chi connectivity index (χ2v) is 3.43. The molecule has 10 heavy (non-hydrogen) atoms. The first-order valence-corrected chi connectivity index (χ1v) is 4.40. The Bertz CT molecular complexity index is 257. The Kier molecular flexibility index (Phi) is 1.34. The first-order valence-electron chi connectivity index (χ1n) is 3.25. The Morgan fingerprint density at radius 2 is 2.00 bits per heavy atom. The standard InChI is InChI=1S/C8H8OS/c9-8-2-1-6-4-10-5-7(6)3-8/h1-3,9H,4-5H2. The fourth-order valence-electron chi connectivity index (χ4n) is 1.16. The minimum Gasteiger partial charge on any atom is -0.508 e. The van der Waals surface area contributed by atoms with Gasteiger partial charge in [0.2, 0.25) is 0 Å². The molecule has 2 heteroatoms. The summed E-state index contributed by atoms with van der Waals surface area (Å²) in [4.78, 5) is 0. The van der Waals surface area contributed by atoms with Crippen LogP contribution in [0, 0.1) is 0 Å². The summed E-state index contributed by atoms with van der Waals surface area (Å²) in [6.45, 7) is 0. The lowest BCUT2D eigenvalue weighted by Gasteiger charge is -1.96. The SMILES string of the molecule is Oc1ccc2c(c1)CSC2. The van der Waals surface area contributed by atoms with Gasteiger partial charge in [-0.25, -0.2) is 0 Å². The summed E-state index contributed by atoms with van der Waals surface area (Å²) in [5, 5.41) is 9.09. The maximum absolute atomic E-state index is 9.09. The number of thioether (sulfide) groups is 1. The quantitative estimate of drug-likeness (QED) is 0.614. The Morgan fingerprint density at radius 3 is 2.90 bits per heavy atom. The Labute approximate surface area is 64.1 Å². The Balaban J connectivity index is 2.52. The second-order valence-electron chi connectivity index (χ2n) is 2.45. The second kappa shape index (κ2) is 2.20. The molecule has 1 heterocycles. The third-order valence-corrected chi connectivity index (χ3v) is 2.74. The average molecular weight is 152 g/mol. The first kappa shape index (κ1) is 6.10. The molecule has 1 aromatic carbocycles. The zero-order valence-electron chi connectivity index (χ0n) is 5.50. The van der Waals surface area contributed by atoms with Gasteiger partial charge in [-0.3, -0.25) is 0 Å². The zero-order chi connectivity index (χ0) is 6.97. The third-order valence-electron chi connectivity index (χ3n) is 1.70. The number of aromatic hydroxyl groups is 1. The molecule has 0 saturated heterocycles. The van der Waals surface area contributed by atoms with Crippen molar-refractivity contribution in [2.24, 2.45) is 0 Å². The van der Waals surface area contributed by atoms with E-state index in [2.05, 4.69) is 0 Å². The molecule has 0 aromatic heterocycles. The van der Waals surface area contributed by atoms with Crippen LogP contribution in [0.3, 0.4) is 0 Å². The fourth-order valence-corrected chi connectivity index (χ4v) is 2.25. The largest absolute Gasteiger partial charge is 0.508 e. The van der Waals surface area contributed by atoms with Crippen LogP contribution in [0.25, 0.3) is 0 Å². The maximum atomic E-state index is 9.09. The van der Waals surface area contributed by atoms with Crippen LogP contribution >= 0.6 is 11.8 Å². The molecule has 0 atom stereocenters. The number of phenolic OH excluding ortho intramolecular Hbond substituents is 1. The molecule has 0 radical (unpaired) electrons. The molecule has 52 valence electrons. The van der Waals surface area contributed by atoms with Crippen molar-refractivity contribution in [2.75, 3.05) is 0 Å². The molecule has 1 aromatic rings. The highest BCUT2D eigenvalue weighted by Crippen LogP contribution is 2.31. The highest BCUT2D eigenvalue weighted by atomic mass is 32.2. The number of fused-ring (bicyclic) bond motifs is 1. The van der Waals surface area contributed by atoms with E-state index < -0.39 is 0 Å². The third kappa shape index (κ3) is 0.886. The highest BCUT2D eigenvalue weighted by Gasteiger charge is 2.10. The van der Waals surface area contributed by atoms with Crippen molar-refractivity contribution in [1.29, 1.82) is 0 Å². The molecule has 1 N–H and O–H groups in total. The molecule has 0 fully saturated rings. The molecular weight excluding hydrogens is 144 g/mol. The van der Waals surface area contributed by atoms with E-state index in [-0.39, 0.29) is 0 Å². The van der Waals surface area contributed by atoms with E-state index in [9.17, 15) is 0 Å². The van der Waals surface area contributed by atoms with Gasteiger partial charge in [-0.05, 0) is 23.3 Å². The van der Waals surface area contributed by atoms with Crippen molar-refractivity contribution in [3.8, 4) is 5.75 Å². The lowest BCUT2D eigenvalue weighted by Crippen LogP contribution is -1.78. The fraction of sp³-hybridized carbons (Fsp3) is 0.250. The van der Waals surface area contributed by atoms with E-state index >= 15 is 0 Å². The van der Waals surface area contributed by atoms with E-state index in [1.54, 1.807) is 6.07 Å². The Morgan fingerprint density at radius 1 is 1.20 bits per heavy atom. The van der Waals surface area contributed by atoms with Crippen LogP contribution in [0.2, 0.25) is 0 Å². The summed E-state index contributed by atoms with van der Waals surface area (Å²) in [6, 6.07) is 5.62. The molecule has 0 spiro atoms. The lowest BCUT2D eigenvalue weighted by atomic mass is 10.1. The predicted octanol–water partition coefficient (Wildman–Crippen LogP) is 2.14. The minimum atomic E-state index is 0.390. The van der Waals surface area contributed by atoms with Crippen LogP contribution in [0.5, 0.6) is 5.75 Å². The van der Waals surface area contributed by atoms with E-state index in [0.717, 1.165) is 11.5 Å². The number of phenols is 1. The molecule has 1 nitrogen and oxygen atoms in total. The summed E-state index contributed by atoms with van der Waals surface area (Å²) >= 11 is 1.90. The van der Waals surface area contributed by atoms with Gasteiger partial charge in [0.1, 0.15) is 5.75 Å². The molecule has 0 amide bonds. The molecule has 0 aliphatic carbocycles. The number of benzene rings is 1. The van der Waals surface area contributed by atoms with Gasteiger partial charge in [0.25, 0.3) is 0 Å². The summed E-state index contributed by atoms with van der Waals surface area (Å²) < 4.78 is 0. The van der Waals surface area contributed by atoms with Gasteiger partial charge in [0.15, 0.2) is 0 Å². The van der Waals surface area contributed by atoms with Crippen molar-refractivity contribution in [1.82, 2.24) is 0 Å². The molecule has 0 unspecified atom stereocenters. The summed E-state index contributed by atoms with van der Waals surface area (Å²) in [6.07, 6.45) is 0. The van der Waals surface area contributed by atoms with Crippen molar-refractivity contribution in [3.05, 3.63) is 29.3 Å². The maximum Gasteiger partial charge on any atom is 0.115 e. The van der Waals surface area contributed by atoms with Crippen LogP contribution in [0.4, 0.5) is 0 Å². The van der Waals surface area contributed by atoms with Crippen molar-refractivity contribution < 1.29 is 5.11 Å². The van der Waals surface area contributed by atoms with E-state index in [1.165, 1.54) is 11.1 Å². The van der Waals surface area contributed by atoms with E-state index in [4.69, 9.17) is 5.11 Å². The normalized spacial score (nSPS) is 15.2. The summed E-state index contributed by atoms with van der Waals surface area (Å²) in [5.74, 6) is 2.56. The van der Waals surface area contributed by atoms with Gasteiger partial charge < -0.3 is 5.11 Å². The monoisotopic (exact) mass is 152 g/mol. The van der Waals surface area contributed by atoms with Gasteiger partial charge in [-0.2, -0.15) is 11.8 Å². The van der Waals surface area contributed by atoms with Crippen LogP contribution in [-0.2, 0) is 11.5 Å². The lowest BCUT2D eigenvalue weighted by molar-refractivity contribution is 0.474. The van der Waals surface area contributed by atoms with Crippen molar-refractivity contribution in [3.63, 3.8) is 0 Å². The van der Waals surface area contributed by atoms with E-state index in [0.29, 0.717) is 5.75 Å². The average Bonchev–Trinajstić information content (AvgIpc) is 2.33. The number of rotatable bonds is 0. The van der Waals surface area contributed by atoms with Crippen molar-refractivity contribution in [2.45, 2.75) is 11.5 Å². The molecular formula is C8H8OS. The summed E-state index contributed by atoms with van der Waals surface area (Å²) in [5.41, 5.74) is 2.67. The van der Waals surface area contributed by atoms with Gasteiger partial charge in [-0.1, -0.05) is 6.07 Å². The predicted molar refractivity (Wildman–Crippen MR) is 43.1 cm³/mol. The van der Waals surface area contributed by atoms with E-state index in [1.807, 2.05) is 23.9 Å². The minimum absolute atomic E-state index is 0.390. The van der Waals surface area contributed by atoms with Gasteiger partial charge in [0.05, 0.1) is 0 Å². The van der Waals surface area contributed by atoms with Gasteiger partial charge in [-0.15, -0.1) is 0 Å².